The standard InChI is InChI=1S/C29H36N2O5/c1-20(2)19-36-24-11-9-23(10-12-24)27(32)25-26(22-7-5-21(3)6-8-22)31(29(34)28(25)33)14-4-13-30-15-17-35-18-16-30/h5-12,20,26,32H,4,13-19H2,1-3H3/t26-/m1/s1. The molecule has 36 heavy (non-hydrogen) atoms. The van der Waals surface area contributed by atoms with Crippen LogP contribution in [-0.4, -0.2) is 72.6 Å². The Morgan fingerprint density at radius 1 is 1.03 bits per heavy atom. The van der Waals surface area contributed by atoms with Gasteiger partial charge in [-0.2, -0.15) is 0 Å². The number of carbonyl (C=O) groups excluding carboxylic acids is 2. The number of ketones is 1. The highest BCUT2D eigenvalue weighted by Crippen LogP contribution is 2.39. The summed E-state index contributed by atoms with van der Waals surface area (Å²) in [6, 6.07) is 14.1. The number of hydrogen-bond acceptors (Lipinski definition) is 6. The number of rotatable bonds is 9. The average Bonchev–Trinajstić information content (AvgIpc) is 3.13. The Morgan fingerprint density at radius 3 is 2.33 bits per heavy atom. The van der Waals surface area contributed by atoms with Crippen LogP contribution in [0.15, 0.2) is 54.1 Å². The summed E-state index contributed by atoms with van der Waals surface area (Å²) in [6.07, 6.45) is 0.733. The SMILES string of the molecule is Cc1ccc([C@@H]2C(=C(O)c3ccc(OCC(C)C)cc3)C(=O)C(=O)N2CCCN2CCOCC2)cc1. The lowest BCUT2D eigenvalue weighted by atomic mass is 9.94. The van der Waals surface area contributed by atoms with Crippen molar-refractivity contribution < 1.29 is 24.2 Å². The summed E-state index contributed by atoms with van der Waals surface area (Å²) in [5.41, 5.74) is 2.51. The highest BCUT2D eigenvalue weighted by Gasteiger charge is 2.45. The van der Waals surface area contributed by atoms with Crippen LogP contribution < -0.4 is 4.74 Å². The van der Waals surface area contributed by atoms with E-state index >= 15 is 0 Å². The van der Waals surface area contributed by atoms with E-state index in [0.717, 1.165) is 50.4 Å². The van der Waals surface area contributed by atoms with Crippen LogP contribution in [0.3, 0.4) is 0 Å². The van der Waals surface area contributed by atoms with Gasteiger partial charge in [-0.3, -0.25) is 14.5 Å². The highest BCUT2D eigenvalue weighted by atomic mass is 16.5. The number of nitrogens with zero attached hydrogens (tertiary/aromatic N) is 2. The molecule has 7 nitrogen and oxygen atoms in total. The van der Waals surface area contributed by atoms with Gasteiger partial charge in [0.05, 0.1) is 31.4 Å². The molecule has 2 aromatic rings. The molecule has 2 aliphatic heterocycles. The Morgan fingerprint density at radius 2 is 1.69 bits per heavy atom. The smallest absolute Gasteiger partial charge is 0.295 e. The molecule has 2 heterocycles. The van der Waals surface area contributed by atoms with Crippen LogP contribution in [0.5, 0.6) is 5.75 Å². The third-order valence-corrected chi connectivity index (χ3v) is 6.62. The van der Waals surface area contributed by atoms with Crippen molar-refractivity contribution in [2.45, 2.75) is 33.2 Å². The number of morpholine rings is 1. The third-order valence-electron chi connectivity index (χ3n) is 6.62. The van der Waals surface area contributed by atoms with Gasteiger partial charge in [0.15, 0.2) is 0 Å². The van der Waals surface area contributed by atoms with Gasteiger partial charge in [-0.25, -0.2) is 0 Å². The van der Waals surface area contributed by atoms with E-state index in [4.69, 9.17) is 9.47 Å². The van der Waals surface area contributed by atoms with Crippen LogP contribution in [0, 0.1) is 12.8 Å². The largest absolute Gasteiger partial charge is 0.507 e. The van der Waals surface area contributed by atoms with Crippen LogP contribution in [-0.2, 0) is 14.3 Å². The van der Waals surface area contributed by atoms with E-state index in [1.54, 1.807) is 29.2 Å². The molecule has 0 aromatic heterocycles. The maximum absolute atomic E-state index is 13.2. The van der Waals surface area contributed by atoms with Gasteiger partial charge in [-0.1, -0.05) is 43.7 Å². The second kappa shape index (κ2) is 11.7. The van der Waals surface area contributed by atoms with Crippen molar-refractivity contribution in [3.05, 3.63) is 70.8 Å². The molecule has 2 aliphatic rings. The Hall–Kier alpha value is -3.16. The molecule has 0 unspecified atom stereocenters. The van der Waals surface area contributed by atoms with Crippen molar-refractivity contribution in [2.75, 3.05) is 46.0 Å². The highest BCUT2D eigenvalue weighted by molar-refractivity contribution is 6.46. The number of benzene rings is 2. The topological polar surface area (TPSA) is 79.3 Å². The van der Waals surface area contributed by atoms with Gasteiger partial charge >= 0.3 is 0 Å². The molecule has 192 valence electrons. The minimum absolute atomic E-state index is 0.131. The van der Waals surface area contributed by atoms with Gasteiger partial charge in [0.1, 0.15) is 11.5 Å². The number of amides is 1. The lowest BCUT2D eigenvalue weighted by molar-refractivity contribution is -0.140. The molecular formula is C29H36N2O5. The van der Waals surface area contributed by atoms with E-state index in [1.165, 1.54) is 0 Å². The van der Waals surface area contributed by atoms with E-state index in [9.17, 15) is 14.7 Å². The molecule has 0 spiro atoms. The van der Waals surface area contributed by atoms with E-state index < -0.39 is 17.7 Å². The molecule has 2 aromatic carbocycles. The van der Waals surface area contributed by atoms with Crippen LogP contribution in [0.4, 0.5) is 0 Å². The first kappa shape index (κ1) is 25.9. The maximum atomic E-state index is 13.2. The van der Waals surface area contributed by atoms with Crippen molar-refractivity contribution in [3.63, 3.8) is 0 Å². The second-order valence-electron chi connectivity index (χ2n) is 9.94. The first-order valence-corrected chi connectivity index (χ1v) is 12.7. The summed E-state index contributed by atoms with van der Waals surface area (Å²) in [4.78, 5) is 30.3. The first-order valence-electron chi connectivity index (χ1n) is 12.7. The van der Waals surface area contributed by atoms with Crippen LogP contribution in [0.25, 0.3) is 5.76 Å². The van der Waals surface area contributed by atoms with Gasteiger partial charge in [0.2, 0.25) is 0 Å². The number of likely N-dealkylation sites (tertiary alicyclic amines) is 1. The zero-order chi connectivity index (χ0) is 25.7. The molecule has 1 amide bonds. The van der Waals surface area contributed by atoms with Gasteiger partial charge in [0.25, 0.3) is 11.7 Å². The predicted octanol–water partition coefficient (Wildman–Crippen LogP) is 4.17. The summed E-state index contributed by atoms with van der Waals surface area (Å²) in [5.74, 6) is -0.290. The van der Waals surface area contributed by atoms with Gasteiger partial charge < -0.3 is 19.5 Å². The molecular weight excluding hydrogens is 456 g/mol. The number of hydrogen-bond donors (Lipinski definition) is 1. The van der Waals surface area contributed by atoms with E-state index in [0.29, 0.717) is 30.4 Å². The van der Waals surface area contributed by atoms with Crippen molar-refractivity contribution in [2.24, 2.45) is 5.92 Å². The summed E-state index contributed by atoms with van der Waals surface area (Å²) in [5, 5.41) is 11.3. The van der Waals surface area contributed by atoms with Crippen LogP contribution >= 0.6 is 0 Å². The second-order valence-corrected chi connectivity index (χ2v) is 9.94. The monoisotopic (exact) mass is 492 g/mol. The Labute approximate surface area is 213 Å². The van der Waals surface area contributed by atoms with Gasteiger partial charge in [0, 0.05) is 31.7 Å². The molecule has 2 saturated heterocycles. The van der Waals surface area contributed by atoms with Crippen molar-refractivity contribution in [1.82, 2.24) is 9.80 Å². The summed E-state index contributed by atoms with van der Waals surface area (Å²) in [6.45, 7) is 11.2. The van der Waals surface area contributed by atoms with Crippen molar-refractivity contribution in [3.8, 4) is 5.75 Å². The fourth-order valence-electron chi connectivity index (χ4n) is 4.62. The molecule has 0 saturated carbocycles. The fourth-order valence-corrected chi connectivity index (χ4v) is 4.62. The molecule has 0 radical (unpaired) electrons. The average molecular weight is 493 g/mol. The number of Topliss-reactive ketones (excluding diaryl/α,β-unsaturated/α-hetero) is 1. The lowest BCUT2D eigenvalue weighted by Crippen LogP contribution is -2.38. The number of aliphatic hydroxyl groups excluding tert-OH is 1. The number of ether oxygens (including phenoxy) is 2. The Bertz CT molecular complexity index is 1090. The van der Waals surface area contributed by atoms with Gasteiger partial charge in [-0.15, -0.1) is 0 Å². The predicted molar refractivity (Wildman–Crippen MR) is 139 cm³/mol. The molecule has 7 heteroatoms. The molecule has 0 aliphatic carbocycles. The van der Waals surface area contributed by atoms with Gasteiger partial charge in [-0.05, 0) is 49.1 Å². The number of aryl methyl sites for hydroxylation is 1. The van der Waals surface area contributed by atoms with Crippen LogP contribution in [0.1, 0.15) is 43.0 Å². The molecule has 4 rings (SSSR count). The zero-order valence-corrected chi connectivity index (χ0v) is 21.4. The maximum Gasteiger partial charge on any atom is 0.295 e. The molecule has 0 bridgehead atoms. The van der Waals surface area contributed by atoms with E-state index in [1.807, 2.05) is 31.2 Å². The normalized spacial score (nSPS) is 20.3. The number of carbonyl (C=O) groups is 2. The summed E-state index contributed by atoms with van der Waals surface area (Å²) >= 11 is 0. The van der Waals surface area contributed by atoms with Crippen LogP contribution in [0.2, 0.25) is 0 Å². The van der Waals surface area contributed by atoms with Crippen molar-refractivity contribution in [1.29, 1.82) is 0 Å². The summed E-state index contributed by atoms with van der Waals surface area (Å²) < 4.78 is 11.2. The fraction of sp³-hybridized carbons (Fsp3) is 0.448. The molecule has 2 fully saturated rings. The molecule has 1 atom stereocenters. The van der Waals surface area contributed by atoms with E-state index in [-0.39, 0.29) is 11.3 Å². The minimum atomic E-state index is -0.649. The van der Waals surface area contributed by atoms with Crippen molar-refractivity contribution >= 4 is 17.4 Å². The lowest BCUT2D eigenvalue weighted by Gasteiger charge is -2.29. The Kier molecular flexibility index (Phi) is 8.44. The zero-order valence-electron chi connectivity index (χ0n) is 21.4. The van der Waals surface area contributed by atoms with E-state index in [2.05, 4.69) is 18.7 Å². The quantitative estimate of drug-likeness (QED) is 0.322. The Balaban J connectivity index is 1.61. The minimum Gasteiger partial charge on any atom is -0.507 e. The number of aliphatic hydroxyl groups is 1. The third kappa shape index (κ3) is 5.97. The summed E-state index contributed by atoms with van der Waals surface area (Å²) in [7, 11) is 0. The first-order chi connectivity index (χ1) is 17.3. The molecule has 1 N–H and O–H groups in total.